The van der Waals surface area contributed by atoms with Crippen LogP contribution in [0.4, 0.5) is 4.39 Å². The molecule has 0 atom stereocenters. The summed E-state index contributed by atoms with van der Waals surface area (Å²) in [5.41, 5.74) is 4.50. The molecule has 1 aromatic heterocycles. The average Bonchev–Trinajstić information content (AvgIpc) is 2.50. The second kappa shape index (κ2) is 5.60. The third kappa shape index (κ3) is 2.58. The van der Waals surface area contributed by atoms with Crippen LogP contribution in [0.2, 0.25) is 0 Å². The van der Waals surface area contributed by atoms with Crippen molar-refractivity contribution in [3.63, 3.8) is 0 Å². The van der Waals surface area contributed by atoms with Crippen LogP contribution in [0, 0.1) is 19.7 Å². The zero-order valence-corrected chi connectivity index (χ0v) is 12.5. The number of aryl methyl sites for hydroxylation is 2. The highest BCUT2D eigenvalue weighted by Crippen LogP contribution is 2.23. The summed E-state index contributed by atoms with van der Waals surface area (Å²) in [6.45, 7) is 3.86. The molecule has 1 heterocycles. The molecule has 3 rings (SSSR count). The Morgan fingerprint density at radius 3 is 2.27 bits per heavy atom. The normalized spacial score (nSPS) is 10.7. The van der Waals surface area contributed by atoms with Crippen molar-refractivity contribution in [2.75, 3.05) is 0 Å². The fourth-order valence-corrected chi connectivity index (χ4v) is 2.58. The van der Waals surface area contributed by atoms with Gasteiger partial charge in [-0.25, -0.2) is 4.39 Å². The number of pyridine rings is 1. The van der Waals surface area contributed by atoms with E-state index < -0.39 is 0 Å². The van der Waals surface area contributed by atoms with Crippen molar-refractivity contribution in [3.05, 3.63) is 88.1 Å². The molecule has 0 bridgehead atoms. The lowest BCUT2D eigenvalue weighted by molar-refractivity contribution is 0.628. The predicted molar refractivity (Wildman–Crippen MR) is 86.9 cm³/mol. The minimum atomic E-state index is -0.270. The van der Waals surface area contributed by atoms with Gasteiger partial charge in [0.2, 0.25) is 0 Å². The summed E-state index contributed by atoms with van der Waals surface area (Å²) in [5.74, 6) is -0.270. The lowest BCUT2D eigenvalue weighted by Gasteiger charge is -2.13. The average molecular weight is 293 g/mol. The van der Waals surface area contributed by atoms with E-state index in [1.54, 1.807) is 22.8 Å². The van der Waals surface area contributed by atoms with Crippen molar-refractivity contribution in [2.24, 2.45) is 0 Å². The largest absolute Gasteiger partial charge is 0.283 e. The Balaban J connectivity index is 2.22. The van der Waals surface area contributed by atoms with Gasteiger partial charge in [-0.15, -0.1) is 0 Å². The Labute approximate surface area is 128 Å². The van der Waals surface area contributed by atoms with Crippen LogP contribution in [0.25, 0.3) is 16.8 Å². The zero-order valence-electron chi connectivity index (χ0n) is 12.5. The maximum atomic E-state index is 13.1. The number of hydrogen-bond acceptors (Lipinski definition) is 1. The quantitative estimate of drug-likeness (QED) is 0.692. The maximum Gasteiger partial charge on any atom is 0.255 e. The Hall–Kier alpha value is -2.68. The third-order valence-electron chi connectivity index (χ3n) is 3.79. The van der Waals surface area contributed by atoms with Gasteiger partial charge in [0.15, 0.2) is 0 Å². The van der Waals surface area contributed by atoms with Gasteiger partial charge in [-0.1, -0.05) is 30.3 Å². The van der Waals surface area contributed by atoms with Crippen LogP contribution >= 0.6 is 0 Å². The molecule has 0 aliphatic heterocycles. The summed E-state index contributed by atoms with van der Waals surface area (Å²) in [7, 11) is 0. The summed E-state index contributed by atoms with van der Waals surface area (Å²) in [4.78, 5) is 12.3. The molecule has 0 saturated heterocycles. The van der Waals surface area contributed by atoms with Crippen molar-refractivity contribution in [3.8, 4) is 16.8 Å². The Kier molecular flexibility index (Phi) is 3.63. The van der Waals surface area contributed by atoms with Crippen LogP contribution in [-0.4, -0.2) is 4.57 Å². The van der Waals surface area contributed by atoms with Crippen molar-refractivity contribution in [1.29, 1.82) is 0 Å². The van der Waals surface area contributed by atoms with E-state index in [4.69, 9.17) is 0 Å². The second-order valence-electron chi connectivity index (χ2n) is 5.37. The highest BCUT2D eigenvalue weighted by atomic mass is 19.1. The number of nitrogens with zero attached hydrogens (tertiary/aromatic N) is 1. The number of aromatic nitrogens is 1. The van der Waals surface area contributed by atoms with Crippen molar-refractivity contribution < 1.29 is 4.39 Å². The van der Waals surface area contributed by atoms with E-state index in [-0.39, 0.29) is 11.4 Å². The number of para-hydroxylation sites is 1. The molecule has 2 aromatic carbocycles. The Bertz CT molecular complexity index is 879. The Morgan fingerprint density at radius 1 is 0.909 bits per heavy atom. The van der Waals surface area contributed by atoms with E-state index in [2.05, 4.69) is 0 Å². The maximum absolute atomic E-state index is 13.1. The van der Waals surface area contributed by atoms with E-state index in [0.29, 0.717) is 0 Å². The van der Waals surface area contributed by atoms with Gasteiger partial charge in [0.25, 0.3) is 5.56 Å². The predicted octanol–water partition coefficient (Wildman–Crippen LogP) is 4.26. The molecule has 3 heteroatoms. The smallest absolute Gasteiger partial charge is 0.255 e. The van der Waals surface area contributed by atoms with Gasteiger partial charge >= 0.3 is 0 Å². The Morgan fingerprint density at radius 2 is 1.59 bits per heavy atom. The first-order valence-corrected chi connectivity index (χ1v) is 7.11. The number of halogens is 1. The summed E-state index contributed by atoms with van der Waals surface area (Å²) < 4.78 is 14.7. The molecule has 0 N–H and O–H groups in total. The van der Waals surface area contributed by atoms with Crippen molar-refractivity contribution in [1.82, 2.24) is 4.57 Å². The van der Waals surface area contributed by atoms with Crippen LogP contribution in [0.1, 0.15) is 11.1 Å². The van der Waals surface area contributed by atoms with Crippen LogP contribution in [-0.2, 0) is 0 Å². The number of benzene rings is 2. The molecule has 110 valence electrons. The van der Waals surface area contributed by atoms with E-state index in [1.807, 2.05) is 44.3 Å². The van der Waals surface area contributed by atoms with Gasteiger partial charge in [0.1, 0.15) is 5.82 Å². The molecule has 0 saturated carbocycles. The summed E-state index contributed by atoms with van der Waals surface area (Å²) in [5, 5.41) is 0. The first kappa shape index (κ1) is 14.3. The number of rotatable bonds is 2. The van der Waals surface area contributed by atoms with Crippen LogP contribution < -0.4 is 5.56 Å². The zero-order chi connectivity index (χ0) is 15.7. The van der Waals surface area contributed by atoms with Gasteiger partial charge in [-0.2, -0.15) is 0 Å². The minimum Gasteiger partial charge on any atom is -0.283 e. The SMILES string of the molecule is Cc1cc(=O)n(-c2ccccc2C)cc1-c1ccc(F)cc1. The van der Waals surface area contributed by atoms with Crippen LogP contribution in [0.3, 0.4) is 0 Å². The molecular weight excluding hydrogens is 277 g/mol. The lowest BCUT2D eigenvalue weighted by Crippen LogP contribution is -2.18. The molecule has 3 aromatic rings. The highest BCUT2D eigenvalue weighted by Gasteiger charge is 2.09. The third-order valence-corrected chi connectivity index (χ3v) is 3.79. The van der Waals surface area contributed by atoms with Gasteiger partial charge in [0, 0.05) is 17.8 Å². The summed E-state index contributed by atoms with van der Waals surface area (Å²) in [6.07, 6.45) is 1.83. The van der Waals surface area contributed by atoms with Gasteiger partial charge in [0.05, 0.1) is 5.69 Å². The number of hydrogen-bond donors (Lipinski definition) is 0. The summed E-state index contributed by atoms with van der Waals surface area (Å²) in [6, 6.07) is 15.7. The molecule has 0 spiro atoms. The molecule has 0 radical (unpaired) electrons. The topological polar surface area (TPSA) is 22.0 Å². The van der Waals surface area contributed by atoms with Crippen LogP contribution in [0.5, 0.6) is 0 Å². The first-order valence-electron chi connectivity index (χ1n) is 7.11. The molecule has 0 aliphatic rings. The minimum absolute atomic E-state index is 0.0716. The van der Waals surface area contributed by atoms with Gasteiger partial charge in [-0.05, 0) is 48.7 Å². The van der Waals surface area contributed by atoms with E-state index in [9.17, 15) is 9.18 Å². The molecule has 0 aliphatic carbocycles. The monoisotopic (exact) mass is 293 g/mol. The van der Waals surface area contributed by atoms with Crippen molar-refractivity contribution >= 4 is 0 Å². The molecule has 0 unspecified atom stereocenters. The standard InChI is InChI=1S/C19H16FNO/c1-13-5-3-4-6-18(13)21-12-17(14(2)11-19(21)22)15-7-9-16(20)10-8-15/h3-12H,1-2H3. The van der Waals surface area contributed by atoms with E-state index in [1.165, 1.54) is 12.1 Å². The molecular formula is C19H16FNO. The second-order valence-corrected chi connectivity index (χ2v) is 5.37. The van der Waals surface area contributed by atoms with E-state index >= 15 is 0 Å². The van der Waals surface area contributed by atoms with Gasteiger partial charge in [-0.3, -0.25) is 9.36 Å². The van der Waals surface area contributed by atoms with Crippen LogP contribution in [0.15, 0.2) is 65.6 Å². The fourth-order valence-electron chi connectivity index (χ4n) is 2.58. The van der Waals surface area contributed by atoms with Crippen molar-refractivity contribution in [2.45, 2.75) is 13.8 Å². The fraction of sp³-hybridized carbons (Fsp3) is 0.105. The summed E-state index contributed by atoms with van der Waals surface area (Å²) >= 11 is 0. The molecule has 0 fully saturated rings. The first-order chi connectivity index (χ1) is 10.6. The molecule has 22 heavy (non-hydrogen) atoms. The van der Waals surface area contributed by atoms with Gasteiger partial charge < -0.3 is 0 Å². The lowest BCUT2D eigenvalue weighted by atomic mass is 10.0. The highest BCUT2D eigenvalue weighted by molar-refractivity contribution is 5.66. The molecule has 2 nitrogen and oxygen atoms in total. The molecule has 0 amide bonds. The van der Waals surface area contributed by atoms with E-state index in [0.717, 1.165) is 27.9 Å².